The summed E-state index contributed by atoms with van der Waals surface area (Å²) in [6.07, 6.45) is 0. The standard InChI is InChI=1S/C20H23N3O4/c1-15-2-4-16(5-3-15)19(14-22-10-12-27-13-11-22)21-20(24)17-6-8-18(9-7-17)23(25)26/h2-9,19H,10-14H2,1H3,(H,21,24)/t19-/m1/s1. The molecule has 1 aliphatic rings. The Bertz CT molecular complexity index is 784. The van der Waals surface area contributed by atoms with Crippen molar-refractivity contribution in [3.05, 3.63) is 75.3 Å². The zero-order valence-corrected chi connectivity index (χ0v) is 15.3. The van der Waals surface area contributed by atoms with Gasteiger partial charge in [-0.15, -0.1) is 0 Å². The van der Waals surface area contributed by atoms with E-state index in [0.29, 0.717) is 25.3 Å². The van der Waals surface area contributed by atoms with Crippen molar-refractivity contribution >= 4 is 11.6 Å². The number of nitro benzene ring substituents is 1. The number of rotatable bonds is 6. The highest BCUT2D eigenvalue weighted by Gasteiger charge is 2.21. The summed E-state index contributed by atoms with van der Waals surface area (Å²) in [6.45, 7) is 5.75. The average molecular weight is 369 g/mol. The monoisotopic (exact) mass is 369 g/mol. The fraction of sp³-hybridized carbons (Fsp3) is 0.350. The van der Waals surface area contributed by atoms with Crippen LogP contribution < -0.4 is 5.32 Å². The number of amides is 1. The molecular weight excluding hydrogens is 346 g/mol. The average Bonchev–Trinajstić information content (AvgIpc) is 2.69. The molecule has 1 amide bonds. The van der Waals surface area contributed by atoms with Crippen molar-refractivity contribution in [3.8, 4) is 0 Å². The number of benzene rings is 2. The molecule has 1 saturated heterocycles. The first-order valence-corrected chi connectivity index (χ1v) is 8.95. The summed E-state index contributed by atoms with van der Waals surface area (Å²) < 4.78 is 5.40. The van der Waals surface area contributed by atoms with Crippen molar-refractivity contribution < 1.29 is 14.5 Å². The van der Waals surface area contributed by atoms with Gasteiger partial charge in [0.1, 0.15) is 0 Å². The van der Waals surface area contributed by atoms with Gasteiger partial charge in [-0.05, 0) is 24.6 Å². The molecule has 1 heterocycles. The summed E-state index contributed by atoms with van der Waals surface area (Å²) >= 11 is 0. The van der Waals surface area contributed by atoms with Crippen molar-refractivity contribution in [3.63, 3.8) is 0 Å². The minimum atomic E-state index is -0.477. The number of morpholine rings is 1. The van der Waals surface area contributed by atoms with Crippen molar-refractivity contribution in [2.45, 2.75) is 13.0 Å². The number of nitrogens with zero attached hydrogens (tertiary/aromatic N) is 2. The second kappa shape index (κ2) is 8.75. The lowest BCUT2D eigenvalue weighted by Gasteiger charge is -2.31. The first-order chi connectivity index (χ1) is 13.0. The fourth-order valence-corrected chi connectivity index (χ4v) is 3.05. The van der Waals surface area contributed by atoms with Crippen molar-refractivity contribution in [1.82, 2.24) is 10.2 Å². The van der Waals surface area contributed by atoms with Gasteiger partial charge in [-0.3, -0.25) is 19.8 Å². The van der Waals surface area contributed by atoms with E-state index in [2.05, 4.69) is 10.2 Å². The molecule has 0 aromatic heterocycles. The predicted octanol–water partition coefficient (Wildman–Crippen LogP) is 2.71. The molecule has 0 bridgehead atoms. The molecule has 142 valence electrons. The largest absolute Gasteiger partial charge is 0.379 e. The molecule has 0 spiro atoms. The third-order valence-corrected chi connectivity index (χ3v) is 4.67. The molecule has 2 aromatic rings. The van der Waals surface area contributed by atoms with Gasteiger partial charge in [0.05, 0.1) is 24.2 Å². The smallest absolute Gasteiger partial charge is 0.269 e. The van der Waals surface area contributed by atoms with Crippen LogP contribution >= 0.6 is 0 Å². The predicted molar refractivity (Wildman–Crippen MR) is 102 cm³/mol. The highest BCUT2D eigenvalue weighted by Crippen LogP contribution is 2.18. The first kappa shape index (κ1) is 19.0. The Hall–Kier alpha value is -2.77. The topological polar surface area (TPSA) is 84.7 Å². The Kier molecular flexibility index (Phi) is 6.16. The van der Waals surface area contributed by atoms with Crippen LogP contribution in [-0.2, 0) is 4.74 Å². The Morgan fingerprint density at radius 2 is 1.78 bits per heavy atom. The summed E-state index contributed by atoms with van der Waals surface area (Å²) in [4.78, 5) is 25.3. The van der Waals surface area contributed by atoms with Crippen LogP contribution in [0, 0.1) is 17.0 Å². The molecule has 7 heteroatoms. The van der Waals surface area contributed by atoms with Gasteiger partial charge in [0, 0.05) is 37.3 Å². The van der Waals surface area contributed by atoms with Crippen LogP contribution in [0.15, 0.2) is 48.5 Å². The normalized spacial score (nSPS) is 15.9. The number of aryl methyl sites for hydroxylation is 1. The number of nitrogens with one attached hydrogen (secondary N) is 1. The van der Waals surface area contributed by atoms with Crippen LogP contribution in [-0.4, -0.2) is 48.6 Å². The summed E-state index contributed by atoms with van der Waals surface area (Å²) in [5, 5.41) is 13.9. The first-order valence-electron chi connectivity index (χ1n) is 8.95. The Morgan fingerprint density at radius 1 is 1.15 bits per heavy atom. The quantitative estimate of drug-likeness (QED) is 0.625. The zero-order chi connectivity index (χ0) is 19.2. The van der Waals surface area contributed by atoms with Gasteiger partial charge < -0.3 is 10.1 Å². The lowest BCUT2D eigenvalue weighted by atomic mass is 10.0. The number of hydrogen-bond donors (Lipinski definition) is 1. The number of nitro groups is 1. The number of carbonyl (C=O) groups is 1. The number of ether oxygens (including phenoxy) is 1. The fourth-order valence-electron chi connectivity index (χ4n) is 3.05. The summed E-state index contributed by atoms with van der Waals surface area (Å²) in [5.41, 5.74) is 2.56. The molecule has 1 atom stereocenters. The second-order valence-corrected chi connectivity index (χ2v) is 6.65. The van der Waals surface area contributed by atoms with Gasteiger partial charge in [0.2, 0.25) is 0 Å². The van der Waals surface area contributed by atoms with Crippen LogP contribution in [0.3, 0.4) is 0 Å². The summed E-state index contributed by atoms with van der Waals surface area (Å²) in [5.74, 6) is -0.247. The molecule has 0 aliphatic carbocycles. The van der Waals surface area contributed by atoms with Crippen molar-refractivity contribution in [2.24, 2.45) is 0 Å². The number of hydrogen-bond acceptors (Lipinski definition) is 5. The van der Waals surface area contributed by atoms with Gasteiger partial charge in [-0.1, -0.05) is 29.8 Å². The van der Waals surface area contributed by atoms with E-state index in [-0.39, 0.29) is 17.6 Å². The van der Waals surface area contributed by atoms with E-state index < -0.39 is 4.92 Å². The SMILES string of the molecule is Cc1ccc([C@@H](CN2CCOCC2)NC(=O)c2ccc([N+](=O)[O-])cc2)cc1. The minimum absolute atomic E-state index is 0.0325. The highest BCUT2D eigenvalue weighted by atomic mass is 16.6. The van der Waals surface area contributed by atoms with Gasteiger partial charge in [0.15, 0.2) is 0 Å². The maximum absolute atomic E-state index is 12.7. The van der Waals surface area contributed by atoms with E-state index in [1.54, 1.807) is 0 Å². The summed E-state index contributed by atoms with van der Waals surface area (Å²) in [7, 11) is 0. The van der Waals surface area contributed by atoms with Crippen LogP contribution in [0.1, 0.15) is 27.5 Å². The van der Waals surface area contributed by atoms with Crippen LogP contribution in [0.4, 0.5) is 5.69 Å². The number of non-ortho nitro benzene ring substituents is 1. The molecule has 1 N–H and O–H groups in total. The Morgan fingerprint density at radius 3 is 2.37 bits per heavy atom. The van der Waals surface area contributed by atoms with E-state index in [1.165, 1.54) is 24.3 Å². The maximum Gasteiger partial charge on any atom is 0.269 e. The lowest BCUT2D eigenvalue weighted by molar-refractivity contribution is -0.384. The van der Waals surface area contributed by atoms with Crippen LogP contribution in [0.25, 0.3) is 0 Å². The Labute approximate surface area is 158 Å². The molecular formula is C20H23N3O4. The molecule has 2 aromatic carbocycles. The highest BCUT2D eigenvalue weighted by molar-refractivity contribution is 5.94. The molecule has 1 fully saturated rings. The van der Waals surface area contributed by atoms with E-state index >= 15 is 0 Å². The van der Waals surface area contributed by atoms with Crippen molar-refractivity contribution in [1.29, 1.82) is 0 Å². The Balaban J connectivity index is 1.75. The molecule has 0 saturated carbocycles. The molecule has 3 rings (SSSR count). The molecule has 7 nitrogen and oxygen atoms in total. The molecule has 0 radical (unpaired) electrons. The molecule has 1 aliphatic heterocycles. The maximum atomic E-state index is 12.7. The van der Waals surface area contributed by atoms with Gasteiger partial charge in [-0.2, -0.15) is 0 Å². The van der Waals surface area contributed by atoms with Crippen LogP contribution in [0.5, 0.6) is 0 Å². The third-order valence-electron chi connectivity index (χ3n) is 4.67. The molecule has 0 unspecified atom stereocenters. The van der Waals surface area contributed by atoms with Gasteiger partial charge in [0.25, 0.3) is 11.6 Å². The second-order valence-electron chi connectivity index (χ2n) is 6.65. The molecule has 27 heavy (non-hydrogen) atoms. The van der Waals surface area contributed by atoms with E-state index in [1.807, 2.05) is 31.2 Å². The van der Waals surface area contributed by atoms with E-state index in [0.717, 1.165) is 24.2 Å². The third kappa shape index (κ3) is 5.12. The lowest BCUT2D eigenvalue weighted by Crippen LogP contribution is -2.43. The van der Waals surface area contributed by atoms with Gasteiger partial charge >= 0.3 is 0 Å². The summed E-state index contributed by atoms with van der Waals surface area (Å²) in [6, 6.07) is 13.6. The van der Waals surface area contributed by atoms with E-state index in [4.69, 9.17) is 4.74 Å². The van der Waals surface area contributed by atoms with Gasteiger partial charge in [-0.25, -0.2) is 0 Å². The minimum Gasteiger partial charge on any atom is -0.379 e. The van der Waals surface area contributed by atoms with E-state index in [9.17, 15) is 14.9 Å². The zero-order valence-electron chi connectivity index (χ0n) is 15.3. The number of carbonyl (C=O) groups excluding carboxylic acids is 1. The van der Waals surface area contributed by atoms with Crippen LogP contribution in [0.2, 0.25) is 0 Å². The van der Waals surface area contributed by atoms with Crippen molar-refractivity contribution in [2.75, 3.05) is 32.8 Å².